The molecule has 2 aromatic rings. The first-order chi connectivity index (χ1) is 19.7. The molecule has 1 aliphatic heterocycles. The second kappa shape index (κ2) is 13.6. The molecule has 2 atom stereocenters. The van der Waals surface area contributed by atoms with Crippen molar-refractivity contribution >= 4 is 63.8 Å². The maximum absolute atomic E-state index is 13.2. The Hall–Kier alpha value is -4.00. The first-order valence-corrected chi connectivity index (χ1v) is 13.4. The third-order valence-electron chi connectivity index (χ3n) is 6.47. The lowest BCUT2D eigenvalue weighted by Gasteiger charge is -2.30. The van der Waals surface area contributed by atoms with Gasteiger partial charge in [-0.3, -0.25) is 9.69 Å². The van der Waals surface area contributed by atoms with Crippen molar-refractivity contribution in [2.75, 3.05) is 68.0 Å². The summed E-state index contributed by atoms with van der Waals surface area (Å²) in [7, 11) is 4.47. The van der Waals surface area contributed by atoms with Crippen LogP contribution < -0.4 is 25.8 Å². The van der Waals surface area contributed by atoms with Crippen LogP contribution in [0.1, 0.15) is 0 Å². The average molecular weight is 604 g/mol. The molecule has 41 heavy (non-hydrogen) atoms. The summed E-state index contributed by atoms with van der Waals surface area (Å²) in [6, 6.07) is 5.92. The van der Waals surface area contributed by atoms with Gasteiger partial charge in [0.1, 0.15) is 34.9 Å². The molecule has 0 spiro atoms. The SMILES string of the molecule is C=CC(=O)Nc1cc(N2CCOCC2)ccc1Nc1cc(N(C)C(=O)NC2C(Cl)=C(OC)C=C(OC)C2Cl)ncn1. The van der Waals surface area contributed by atoms with E-state index in [2.05, 4.69) is 37.4 Å². The molecule has 3 amide bonds. The van der Waals surface area contributed by atoms with Crippen LogP contribution in [0.3, 0.4) is 0 Å². The minimum absolute atomic E-state index is 0.231. The maximum Gasteiger partial charge on any atom is 0.323 e. The van der Waals surface area contributed by atoms with Crippen LogP contribution in [0.15, 0.2) is 65.9 Å². The number of hydrogen-bond donors (Lipinski definition) is 3. The Morgan fingerprint density at radius 1 is 1.17 bits per heavy atom. The Balaban J connectivity index is 1.53. The third-order valence-corrected chi connectivity index (χ3v) is 7.36. The number of alkyl halides is 1. The molecule has 2 unspecified atom stereocenters. The van der Waals surface area contributed by atoms with Crippen LogP contribution in [0.25, 0.3) is 0 Å². The summed E-state index contributed by atoms with van der Waals surface area (Å²) in [5.74, 6) is 1.05. The predicted molar refractivity (Wildman–Crippen MR) is 159 cm³/mol. The smallest absolute Gasteiger partial charge is 0.323 e. The van der Waals surface area contributed by atoms with E-state index in [9.17, 15) is 9.59 Å². The highest BCUT2D eigenvalue weighted by Gasteiger charge is 2.35. The van der Waals surface area contributed by atoms with Crippen LogP contribution >= 0.6 is 23.2 Å². The number of amides is 3. The summed E-state index contributed by atoms with van der Waals surface area (Å²) in [5.41, 5.74) is 2.06. The predicted octanol–water partition coefficient (Wildman–Crippen LogP) is 3.94. The fourth-order valence-corrected chi connectivity index (χ4v) is 4.92. The number of benzene rings is 1. The molecule has 1 aromatic heterocycles. The summed E-state index contributed by atoms with van der Waals surface area (Å²) in [4.78, 5) is 37.3. The van der Waals surface area contributed by atoms with E-state index in [-0.39, 0.29) is 16.8 Å². The van der Waals surface area contributed by atoms with Crippen molar-refractivity contribution in [3.63, 3.8) is 0 Å². The van der Waals surface area contributed by atoms with Gasteiger partial charge in [-0.15, -0.1) is 11.6 Å². The molecular formula is C27H31Cl2N7O5. The van der Waals surface area contributed by atoms with E-state index in [0.717, 1.165) is 18.8 Å². The van der Waals surface area contributed by atoms with Crippen LogP contribution in [-0.2, 0) is 19.0 Å². The zero-order chi connectivity index (χ0) is 29.5. The molecule has 1 saturated heterocycles. The number of urea groups is 1. The summed E-state index contributed by atoms with van der Waals surface area (Å²) < 4.78 is 16.1. The first kappa shape index (κ1) is 30.0. The monoisotopic (exact) mass is 603 g/mol. The number of hydrogen-bond acceptors (Lipinski definition) is 9. The number of nitrogens with zero attached hydrogens (tertiary/aromatic N) is 4. The van der Waals surface area contributed by atoms with E-state index < -0.39 is 17.5 Å². The number of aromatic nitrogens is 2. The molecule has 1 fully saturated rings. The molecular weight excluding hydrogens is 573 g/mol. The number of allylic oxidation sites excluding steroid dienone is 1. The van der Waals surface area contributed by atoms with Crippen molar-refractivity contribution in [2.24, 2.45) is 0 Å². The fourth-order valence-electron chi connectivity index (χ4n) is 4.21. The Kier molecular flexibility index (Phi) is 9.92. The molecule has 4 rings (SSSR count). The van der Waals surface area contributed by atoms with E-state index in [1.807, 2.05) is 18.2 Å². The van der Waals surface area contributed by atoms with Crippen LogP contribution in [0.5, 0.6) is 0 Å². The maximum atomic E-state index is 13.2. The zero-order valence-electron chi connectivity index (χ0n) is 22.8. The quantitative estimate of drug-likeness (QED) is 0.288. The number of halogens is 2. The van der Waals surface area contributed by atoms with Gasteiger partial charge in [0.15, 0.2) is 0 Å². The van der Waals surface area contributed by atoms with Gasteiger partial charge in [-0.25, -0.2) is 14.8 Å². The Morgan fingerprint density at radius 2 is 1.93 bits per heavy atom. The van der Waals surface area contributed by atoms with Gasteiger partial charge in [-0.1, -0.05) is 18.2 Å². The number of ether oxygens (including phenoxy) is 3. The molecule has 1 aliphatic carbocycles. The lowest BCUT2D eigenvalue weighted by molar-refractivity contribution is -0.111. The standard InChI is InChI=1S/C27H31Cl2N7O5/c1-5-23(37)33-18-12-16(36-8-10-41-11-9-36)6-7-17(18)32-21-14-22(31-15-30-21)35(2)27(38)34-26-24(28)19(39-3)13-20(40-4)25(26)29/h5-7,12-15,24,26H,1,8-11H2,2-4H3,(H,33,37)(H,34,38)(H,30,31,32). The van der Waals surface area contributed by atoms with Crippen LogP contribution in [0, 0.1) is 0 Å². The molecule has 0 radical (unpaired) electrons. The molecule has 0 saturated carbocycles. The third kappa shape index (κ3) is 7.02. The van der Waals surface area contributed by atoms with Gasteiger partial charge in [-0.05, 0) is 24.3 Å². The van der Waals surface area contributed by atoms with E-state index in [0.29, 0.717) is 41.9 Å². The summed E-state index contributed by atoms with van der Waals surface area (Å²) in [6.07, 6.45) is 4.09. The second-order valence-electron chi connectivity index (χ2n) is 8.96. The summed E-state index contributed by atoms with van der Waals surface area (Å²) in [5, 5.41) is 8.31. The van der Waals surface area contributed by atoms with E-state index in [1.165, 1.54) is 31.5 Å². The number of carbonyl (C=O) groups excluding carboxylic acids is 2. The van der Waals surface area contributed by atoms with Crippen LogP contribution in [0.2, 0.25) is 0 Å². The number of anilines is 5. The highest BCUT2D eigenvalue weighted by Crippen LogP contribution is 2.33. The van der Waals surface area contributed by atoms with Gasteiger partial charge in [0.25, 0.3) is 0 Å². The van der Waals surface area contributed by atoms with E-state index >= 15 is 0 Å². The number of carbonyl (C=O) groups is 2. The minimum atomic E-state index is -0.802. The lowest BCUT2D eigenvalue weighted by atomic mass is 10.0. The highest BCUT2D eigenvalue weighted by molar-refractivity contribution is 6.33. The van der Waals surface area contributed by atoms with Gasteiger partial charge in [0.2, 0.25) is 5.91 Å². The fraction of sp³-hybridized carbons (Fsp3) is 0.333. The van der Waals surface area contributed by atoms with Gasteiger partial charge in [-0.2, -0.15) is 0 Å². The molecule has 2 heterocycles. The molecule has 12 nitrogen and oxygen atoms in total. The first-order valence-electron chi connectivity index (χ1n) is 12.6. The largest absolute Gasteiger partial charge is 0.499 e. The van der Waals surface area contributed by atoms with Crippen LogP contribution in [0.4, 0.5) is 33.5 Å². The Bertz CT molecular complexity index is 1360. The molecule has 3 N–H and O–H groups in total. The van der Waals surface area contributed by atoms with Gasteiger partial charge < -0.3 is 35.1 Å². The van der Waals surface area contributed by atoms with E-state index in [4.69, 9.17) is 37.4 Å². The zero-order valence-corrected chi connectivity index (χ0v) is 24.3. The molecule has 2 aliphatic rings. The summed E-state index contributed by atoms with van der Waals surface area (Å²) >= 11 is 13.0. The molecule has 14 heteroatoms. The number of morpholine rings is 1. The number of methoxy groups -OCH3 is 2. The Morgan fingerprint density at radius 3 is 2.61 bits per heavy atom. The average Bonchev–Trinajstić information content (AvgIpc) is 3.00. The lowest BCUT2D eigenvalue weighted by Crippen LogP contribution is -2.49. The number of rotatable bonds is 9. The van der Waals surface area contributed by atoms with Crippen molar-refractivity contribution in [3.8, 4) is 0 Å². The van der Waals surface area contributed by atoms with Crippen LogP contribution in [-0.4, -0.2) is 80.9 Å². The van der Waals surface area contributed by atoms with Crippen molar-refractivity contribution in [3.05, 3.63) is 65.9 Å². The Labute approximate surface area is 247 Å². The van der Waals surface area contributed by atoms with Crippen molar-refractivity contribution in [1.29, 1.82) is 0 Å². The minimum Gasteiger partial charge on any atom is -0.499 e. The van der Waals surface area contributed by atoms with Gasteiger partial charge in [0.05, 0.1) is 49.9 Å². The highest BCUT2D eigenvalue weighted by atomic mass is 35.5. The van der Waals surface area contributed by atoms with Crippen molar-refractivity contribution in [1.82, 2.24) is 15.3 Å². The van der Waals surface area contributed by atoms with Gasteiger partial charge >= 0.3 is 6.03 Å². The number of nitrogens with one attached hydrogen (secondary N) is 3. The van der Waals surface area contributed by atoms with Crippen molar-refractivity contribution < 1.29 is 23.8 Å². The topological polar surface area (TPSA) is 130 Å². The summed E-state index contributed by atoms with van der Waals surface area (Å²) in [6.45, 7) is 6.29. The molecule has 218 valence electrons. The van der Waals surface area contributed by atoms with E-state index in [1.54, 1.807) is 19.2 Å². The normalized spacial score (nSPS) is 18.7. The van der Waals surface area contributed by atoms with Crippen molar-refractivity contribution in [2.45, 2.75) is 11.4 Å². The second-order valence-corrected chi connectivity index (χ2v) is 9.84. The molecule has 1 aromatic carbocycles. The molecule has 0 bridgehead atoms. The van der Waals surface area contributed by atoms with Gasteiger partial charge in [0, 0.05) is 38.0 Å².